The molecule has 1 fully saturated rings. The van der Waals surface area contributed by atoms with Crippen molar-refractivity contribution in [2.75, 3.05) is 53.3 Å². The molecular weight excluding hydrogens is 749 g/mol. The highest BCUT2D eigenvalue weighted by Gasteiger charge is 2.42. The number of benzene rings is 1. The third-order valence-corrected chi connectivity index (χ3v) is 9.53. The first kappa shape index (κ1) is 47.4. The van der Waals surface area contributed by atoms with Crippen LogP contribution in [0.1, 0.15) is 72.3 Å². The average molecular weight is 811 g/mol. The van der Waals surface area contributed by atoms with Crippen LogP contribution in [0.15, 0.2) is 47.1 Å². The highest BCUT2D eigenvalue weighted by molar-refractivity contribution is 9.10. The lowest BCUT2D eigenvalue weighted by molar-refractivity contribution is -0.146. The van der Waals surface area contributed by atoms with Crippen LogP contribution >= 0.6 is 15.9 Å². The van der Waals surface area contributed by atoms with Crippen LogP contribution in [-0.4, -0.2) is 111 Å². The number of aryl methyl sites for hydroxylation is 1. The van der Waals surface area contributed by atoms with Crippen LogP contribution in [0.4, 0.5) is 10.2 Å². The molecule has 2 heterocycles. The number of amides is 3. The largest absolute Gasteiger partial charge is 0.468 e. The van der Waals surface area contributed by atoms with E-state index in [9.17, 15) is 23.6 Å². The van der Waals surface area contributed by atoms with Crippen LogP contribution in [0.25, 0.3) is 0 Å². The zero-order chi connectivity index (χ0) is 40.1. The maximum Gasteiger partial charge on any atom is 0.325 e. The summed E-state index contributed by atoms with van der Waals surface area (Å²) in [5, 5.41) is 5.31. The molecule has 2 aromatic rings. The molecule has 0 saturated carbocycles. The maximum atomic E-state index is 14.2. The molecule has 298 valence electrons. The number of anilines is 1. The van der Waals surface area contributed by atoms with E-state index < -0.39 is 36.0 Å². The van der Waals surface area contributed by atoms with E-state index in [1.165, 1.54) is 45.6 Å². The molecule has 14 heteroatoms. The van der Waals surface area contributed by atoms with Crippen molar-refractivity contribution in [3.63, 3.8) is 0 Å². The number of hydrogen-bond acceptors (Lipinski definition) is 9. The van der Waals surface area contributed by atoms with E-state index in [0.29, 0.717) is 17.4 Å². The van der Waals surface area contributed by atoms with Crippen molar-refractivity contribution in [2.24, 2.45) is 11.8 Å². The minimum Gasteiger partial charge on any atom is -0.468 e. The summed E-state index contributed by atoms with van der Waals surface area (Å²) in [7, 11) is 5.90. The monoisotopic (exact) mass is 809 g/mol. The molecule has 0 aliphatic carbocycles. The van der Waals surface area contributed by atoms with Gasteiger partial charge >= 0.3 is 5.97 Å². The molecule has 1 aliphatic heterocycles. The van der Waals surface area contributed by atoms with Gasteiger partial charge in [0.2, 0.25) is 17.7 Å². The zero-order valence-corrected chi connectivity index (χ0v) is 34.7. The second-order valence-electron chi connectivity index (χ2n) is 13.1. The number of nitrogens with zero attached hydrogens (tertiary/aromatic N) is 3. The maximum absolute atomic E-state index is 14.2. The average Bonchev–Trinajstić information content (AvgIpc) is 3.63. The third-order valence-electron chi connectivity index (χ3n) is 9.09. The van der Waals surface area contributed by atoms with Gasteiger partial charge in [0.05, 0.1) is 50.3 Å². The fourth-order valence-electron chi connectivity index (χ4n) is 6.08. The van der Waals surface area contributed by atoms with E-state index in [-0.39, 0.29) is 55.0 Å². The number of carbonyl (C=O) groups excluding carboxylic acids is 4. The number of ether oxygens (including phenoxy) is 3. The molecule has 53 heavy (non-hydrogen) atoms. The van der Waals surface area contributed by atoms with Gasteiger partial charge in [0.25, 0.3) is 0 Å². The van der Waals surface area contributed by atoms with E-state index >= 15 is 0 Å². The van der Waals surface area contributed by atoms with Crippen molar-refractivity contribution >= 4 is 45.4 Å². The van der Waals surface area contributed by atoms with Crippen LogP contribution in [0.3, 0.4) is 0 Å². The number of halogens is 2. The number of likely N-dealkylation sites (tertiary alicyclic amines) is 1. The van der Waals surface area contributed by atoms with Gasteiger partial charge in [-0.15, -0.1) is 0 Å². The van der Waals surface area contributed by atoms with Gasteiger partial charge in [0, 0.05) is 38.5 Å². The van der Waals surface area contributed by atoms with Crippen LogP contribution < -0.4 is 10.6 Å². The summed E-state index contributed by atoms with van der Waals surface area (Å²) in [5.41, 5.74) is 1.32. The smallest absolute Gasteiger partial charge is 0.325 e. The van der Waals surface area contributed by atoms with Gasteiger partial charge in [-0.05, 0) is 47.7 Å². The second-order valence-corrected chi connectivity index (χ2v) is 14.1. The van der Waals surface area contributed by atoms with Gasteiger partial charge in [-0.3, -0.25) is 19.2 Å². The highest BCUT2D eigenvalue weighted by Crippen LogP contribution is 2.29. The number of carbonyl (C=O) groups is 4. The lowest BCUT2D eigenvalue weighted by Gasteiger charge is -2.39. The van der Waals surface area contributed by atoms with E-state index in [1.807, 2.05) is 32.0 Å². The first-order chi connectivity index (χ1) is 25.2. The van der Waals surface area contributed by atoms with Gasteiger partial charge in [0.1, 0.15) is 6.54 Å². The normalized spacial score (nSPS) is 16.3. The molecule has 6 atom stereocenters. The van der Waals surface area contributed by atoms with Crippen molar-refractivity contribution in [2.45, 2.75) is 97.9 Å². The number of hydrogen-bond donors (Lipinski definition) is 2. The number of rotatable bonds is 16. The minimum atomic E-state index is -0.638. The fraction of sp³-hybridized carbons (Fsp3) is 0.615. The van der Waals surface area contributed by atoms with Crippen LogP contribution in [0.2, 0.25) is 0 Å². The molecule has 1 saturated heterocycles. The van der Waals surface area contributed by atoms with Gasteiger partial charge in [-0.2, -0.15) is 0 Å². The predicted molar refractivity (Wildman–Crippen MR) is 209 cm³/mol. The molecule has 6 unspecified atom stereocenters. The van der Waals surface area contributed by atoms with Crippen LogP contribution in [0.5, 0.6) is 0 Å². The Morgan fingerprint density at radius 1 is 1.06 bits per heavy atom. The number of methoxy groups -OCH3 is 3. The van der Waals surface area contributed by atoms with E-state index in [1.54, 1.807) is 23.8 Å². The Morgan fingerprint density at radius 2 is 1.70 bits per heavy atom. The zero-order valence-electron chi connectivity index (χ0n) is 33.1. The molecule has 12 nitrogen and oxygen atoms in total. The van der Waals surface area contributed by atoms with Crippen molar-refractivity contribution in [3.8, 4) is 0 Å². The van der Waals surface area contributed by atoms with Crippen molar-refractivity contribution in [3.05, 3.63) is 58.4 Å². The summed E-state index contributed by atoms with van der Waals surface area (Å²) in [6.45, 7) is 12.1. The first-order valence-corrected chi connectivity index (χ1v) is 19.0. The third kappa shape index (κ3) is 15.7. The Morgan fingerprint density at radius 3 is 2.21 bits per heavy atom. The second kappa shape index (κ2) is 25.4. The Labute approximate surface area is 324 Å². The van der Waals surface area contributed by atoms with Gasteiger partial charge < -0.3 is 34.6 Å². The first-order valence-electron chi connectivity index (χ1n) is 18.2. The molecule has 0 bridgehead atoms. The van der Waals surface area contributed by atoms with Gasteiger partial charge in [-0.1, -0.05) is 83.4 Å². The lowest BCUT2D eigenvalue weighted by Crippen LogP contribution is -2.54. The van der Waals surface area contributed by atoms with Crippen LogP contribution in [-0.2, 0) is 33.4 Å². The number of nitrogens with one attached hydrogen (secondary N) is 2. The molecule has 2 N–H and O–H groups in total. The molecule has 0 spiro atoms. The number of pyridine rings is 1. The van der Waals surface area contributed by atoms with Crippen molar-refractivity contribution < 1.29 is 37.8 Å². The summed E-state index contributed by atoms with van der Waals surface area (Å²) < 4.78 is 30.8. The Bertz CT molecular complexity index is 1410. The lowest BCUT2D eigenvalue weighted by atomic mass is 9.90. The quantitative estimate of drug-likeness (QED) is 0.195. The summed E-state index contributed by atoms with van der Waals surface area (Å²) in [6, 6.07) is 10.7. The summed E-state index contributed by atoms with van der Waals surface area (Å²) >= 11 is 3.16. The number of esters is 1. The molecular formula is C39H61BrFN5O7. The van der Waals surface area contributed by atoms with Crippen molar-refractivity contribution in [1.82, 2.24) is 20.1 Å². The Hall–Kier alpha value is -3.62. The van der Waals surface area contributed by atoms with Crippen LogP contribution in [0, 0.1) is 24.6 Å². The minimum absolute atomic E-state index is 0.00923. The standard InChI is InChI=1S/C29H45BrFN5O7.C7H8.C3H8/c1-8-17(2)26(35(4)24(38)15-33-28-20(31)12-19(30)14-32-28)22(41-5)13-23(37)36-11-9-10-21(36)27(43-7)18(3)29(40)34-16-25(39)42-6;1-7-5-3-2-4-6-7;1-3-2/h12,14,17-18,21-22,26-27H,8-11,13,15-16H2,1-7H3,(H,32,33)(H,34,40);2-6H,1H3;3H2,1-2H3. The molecule has 3 rings (SSSR count). The van der Waals surface area contributed by atoms with E-state index in [0.717, 1.165) is 12.8 Å². The predicted octanol–water partition coefficient (Wildman–Crippen LogP) is 6.02. The molecule has 3 amide bonds. The van der Waals surface area contributed by atoms with E-state index in [4.69, 9.17) is 9.47 Å². The molecule has 1 aromatic heterocycles. The number of likely N-dealkylation sites (N-methyl/N-ethyl adjacent to an activating group) is 1. The summed E-state index contributed by atoms with van der Waals surface area (Å²) in [5.74, 6) is -2.71. The van der Waals surface area contributed by atoms with E-state index in [2.05, 4.69) is 69.2 Å². The highest BCUT2D eigenvalue weighted by atomic mass is 79.9. The Balaban J connectivity index is 0.00000122. The summed E-state index contributed by atoms with van der Waals surface area (Å²) in [4.78, 5) is 58.4. The summed E-state index contributed by atoms with van der Waals surface area (Å²) in [6.07, 6.45) is 3.59. The molecule has 0 radical (unpaired) electrons. The fourth-order valence-corrected chi connectivity index (χ4v) is 6.38. The van der Waals surface area contributed by atoms with Gasteiger partial charge in [0.15, 0.2) is 11.6 Å². The topological polar surface area (TPSA) is 139 Å². The van der Waals surface area contributed by atoms with Gasteiger partial charge in [-0.25, -0.2) is 9.37 Å². The van der Waals surface area contributed by atoms with Crippen molar-refractivity contribution in [1.29, 1.82) is 0 Å². The Kier molecular flexibility index (Phi) is 22.7. The molecule has 1 aliphatic rings. The SMILES string of the molecule is CCC.CCC(C)C(C(CC(=O)N1CCCC1C(OC)C(C)C(=O)NCC(=O)OC)OC)N(C)C(=O)CNc1ncc(Br)cc1F.Cc1ccccc1. The number of aromatic nitrogens is 1. The molecule has 1 aromatic carbocycles.